The number of hydrazone groups is 1. The molecular weight excluding hydrogens is 298 g/mol. The summed E-state index contributed by atoms with van der Waals surface area (Å²) >= 11 is 0. The molecule has 0 aliphatic carbocycles. The molecule has 128 valence electrons. The first-order valence-electron chi connectivity index (χ1n) is 8.59. The average molecular weight is 325 g/mol. The lowest BCUT2D eigenvalue weighted by Crippen LogP contribution is -2.52. The number of aliphatic imine (C=N–C) groups is 1. The molecule has 5 heteroatoms. The number of rotatable bonds is 2. The smallest absolute Gasteiger partial charge is 0.223 e. The largest absolute Gasteiger partial charge is 0.338 e. The van der Waals surface area contributed by atoms with Gasteiger partial charge in [-0.05, 0) is 45.5 Å². The van der Waals surface area contributed by atoms with Crippen LogP contribution < -0.4 is 0 Å². The molecule has 24 heavy (non-hydrogen) atoms. The zero-order chi connectivity index (χ0) is 17.3. The summed E-state index contributed by atoms with van der Waals surface area (Å²) in [6, 6.07) is 6.50. The Bertz CT molecular complexity index is 679. The minimum Gasteiger partial charge on any atom is -0.338 e. The predicted molar refractivity (Wildman–Crippen MR) is 102 cm³/mol. The van der Waals surface area contributed by atoms with Gasteiger partial charge in [-0.1, -0.05) is 18.7 Å². The second-order valence-electron chi connectivity index (χ2n) is 6.79. The van der Waals surface area contributed by atoms with E-state index >= 15 is 0 Å². The van der Waals surface area contributed by atoms with Crippen molar-refractivity contribution in [2.75, 3.05) is 33.2 Å². The van der Waals surface area contributed by atoms with Gasteiger partial charge in [-0.15, -0.1) is 0 Å². The summed E-state index contributed by atoms with van der Waals surface area (Å²) in [5.41, 5.74) is 4.40. The van der Waals surface area contributed by atoms with Crippen LogP contribution in [0.1, 0.15) is 37.9 Å². The van der Waals surface area contributed by atoms with Crippen LogP contribution in [-0.2, 0) is 0 Å². The van der Waals surface area contributed by atoms with Crippen molar-refractivity contribution in [3.05, 3.63) is 35.9 Å². The van der Waals surface area contributed by atoms with Crippen LogP contribution >= 0.6 is 0 Å². The van der Waals surface area contributed by atoms with Crippen LogP contribution in [0.4, 0.5) is 5.69 Å². The summed E-state index contributed by atoms with van der Waals surface area (Å²) in [5, 5.41) is 6.86. The van der Waals surface area contributed by atoms with Crippen LogP contribution in [0.25, 0.3) is 6.08 Å². The Hall–Kier alpha value is -2.14. The maximum absolute atomic E-state index is 4.96. The molecule has 5 nitrogen and oxygen atoms in total. The summed E-state index contributed by atoms with van der Waals surface area (Å²) in [7, 11) is 2.17. The summed E-state index contributed by atoms with van der Waals surface area (Å²) in [6.07, 6.45) is 1.88. The lowest BCUT2D eigenvalue weighted by atomic mass is 10.0. The van der Waals surface area contributed by atoms with E-state index in [4.69, 9.17) is 10.1 Å². The second kappa shape index (κ2) is 6.77. The minimum atomic E-state index is 0.155. The summed E-state index contributed by atoms with van der Waals surface area (Å²) in [6.45, 7) is 14.2. The van der Waals surface area contributed by atoms with E-state index in [-0.39, 0.29) is 6.04 Å². The maximum Gasteiger partial charge on any atom is 0.223 e. The summed E-state index contributed by atoms with van der Waals surface area (Å²) in [4.78, 5) is 9.67. The van der Waals surface area contributed by atoms with Crippen molar-refractivity contribution >= 4 is 23.4 Å². The number of guanidine groups is 1. The third-order valence-corrected chi connectivity index (χ3v) is 4.62. The Morgan fingerprint density at radius 2 is 1.96 bits per heavy atom. The number of hydrogen-bond donors (Lipinski definition) is 0. The summed E-state index contributed by atoms with van der Waals surface area (Å²) < 4.78 is 0. The lowest BCUT2D eigenvalue weighted by Gasteiger charge is -2.41. The van der Waals surface area contributed by atoms with Gasteiger partial charge in [0, 0.05) is 37.5 Å². The molecule has 0 N–H and O–H groups in total. The number of piperazine rings is 1. The molecule has 0 radical (unpaired) electrons. The van der Waals surface area contributed by atoms with Crippen LogP contribution in [0.5, 0.6) is 0 Å². The number of fused-ring (bicyclic) bond motifs is 1. The first kappa shape index (κ1) is 16.7. The molecule has 0 spiro atoms. The molecule has 2 heterocycles. The zero-order valence-electron chi connectivity index (χ0n) is 15.2. The molecule has 1 fully saturated rings. The van der Waals surface area contributed by atoms with Gasteiger partial charge in [-0.25, -0.2) is 10.0 Å². The highest BCUT2D eigenvalue weighted by Gasteiger charge is 2.31. The van der Waals surface area contributed by atoms with E-state index in [0.717, 1.165) is 49.1 Å². The van der Waals surface area contributed by atoms with E-state index in [0.29, 0.717) is 0 Å². The van der Waals surface area contributed by atoms with Crippen LogP contribution in [0.15, 0.2) is 34.9 Å². The van der Waals surface area contributed by atoms with Gasteiger partial charge in [0.25, 0.3) is 0 Å². The molecule has 3 rings (SSSR count). The van der Waals surface area contributed by atoms with Gasteiger partial charge in [-0.3, -0.25) is 0 Å². The highest BCUT2D eigenvalue weighted by molar-refractivity contribution is 5.88. The van der Waals surface area contributed by atoms with Crippen LogP contribution in [0, 0.1) is 0 Å². The van der Waals surface area contributed by atoms with E-state index in [1.807, 2.05) is 19.9 Å². The van der Waals surface area contributed by atoms with Crippen molar-refractivity contribution in [3.63, 3.8) is 0 Å². The second-order valence-corrected chi connectivity index (χ2v) is 6.79. The van der Waals surface area contributed by atoms with Crippen LogP contribution in [0.2, 0.25) is 0 Å². The fraction of sp³-hybridized carbons (Fsp3) is 0.474. The Labute approximate surface area is 145 Å². The normalized spacial score (nSPS) is 21.2. The third kappa shape index (κ3) is 3.22. The van der Waals surface area contributed by atoms with Crippen molar-refractivity contribution in [1.82, 2.24) is 14.8 Å². The fourth-order valence-electron chi connectivity index (χ4n) is 3.17. The number of likely N-dealkylation sites (N-methyl/N-ethyl adjacent to an activating group) is 1. The van der Waals surface area contributed by atoms with Crippen molar-refractivity contribution in [2.24, 2.45) is 10.1 Å². The Balaban J connectivity index is 2.03. The molecular formula is C19H27N5. The Morgan fingerprint density at radius 3 is 2.58 bits per heavy atom. The standard InChI is InChI=1S/C19H27N5/c1-6-16-7-8-18-17(13-16)15(4)24(21-14(2)3)19(20-18)23-11-9-22(5)10-12-23/h6-8,13,15H,1,9-12H2,2-5H3. The van der Waals surface area contributed by atoms with Crippen molar-refractivity contribution in [1.29, 1.82) is 0 Å². The number of hydrogen-bond acceptors (Lipinski definition) is 5. The third-order valence-electron chi connectivity index (χ3n) is 4.62. The van der Waals surface area contributed by atoms with E-state index in [9.17, 15) is 0 Å². The first-order valence-corrected chi connectivity index (χ1v) is 8.59. The van der Waals surface area contributed by atoms with E-state index < -0.39 is 0 Å². The summed E-state index contributed by atoms with van der Waals surface area (Å²) in [5.74, 6) is 0.968. The average Bonchev–Trinajstić information content (AvgIpc) is 2.57. The number of nitrogens with zero attached hydrogens (tertiary/aromatic N) is 5. The van der Waals surface area contributed by atoms with Crippen molar-refractivity contribution in [3.8, 4) is 0 Å². The molecule has 1 aromatic rings. The fourth-order valence-corrected chi connectivity index (χ4v) is 3.17. The topological polar surface area (TPSA) is 34.4 Å². The Kier molecular flexibility index (Phi) is 4.71. The Morgan fingerprint density at radius 1 is 1.25 bits per heavy atom. The zero-order valence-corrected chi connectivity index (χ0v) is 15.2. The molecule has 2 aliphatic heterocycles. The first-order chi connectivity index (χ1) is 11.5. The van der Waals surface area contributed by atoms with Gasteiger partial charge >= 0.3 is 0 Å². The SMILES string of the molecule is C=Cc1ccc2c(c1)C(C)N(N=C(C)C)C(N1CCN(C)CC1)=N2. The molecule has 0 aromatic heterocycles. The van der Waals surface area contributed by atoms with Crippen molar-refractivity contribution in [2.45, 2.75) is 26.8 Å². The molecule has 0 saturated carbocycles. The number of benzene rings is 1. The maximum atomic E-state index is 4.96. The molecule has 1 aromatic carbocycles. The van der Waals surface area contributed by atoms with Gasteiger partial charge < -0.3 is 9.80 Å². The van der Waals surface area contributed by atoms with Gasteiger partial charge in [0.2, 0.25) is 5.96 Å². The lowest BCUT2D eigenvalue weighted by molar-refractivity contribution is 0.186. The highest BCUT2D eigenvalue weighted by Crippen LogP contribution is 2.36. The van der Waals surface area contributed by atoms with Gasteiger partial charge in [0.15, 0.2) is 0 Å². The monoisotopic (exact) mass is 325 g/mol. The molecule has 1 saturated heterocycles. The molecule has 1 atom stereocenters. The van der Waals surface area contributed by atoms with Gasteiger partial charge in [-0.2, -0.15) is 5.10 Å². The molecule has 1 unspecified atom stereocenters. The predicted octanol–water partition coefficient (Wildman–Crippen LogP) is 3.34. The van der Waals surface area contributed by atoms with Crippen molar-refractivity contribution < 1.29 is 0 Å². The molecule has 2 aliphatic rings. The highest BCUT2D eigenvalue weighted by atomic mass is 15.6. The molecule has 0 bridgehead atoms. The quantitative estimate of drug-likeness (QED) is 0.782. The van der Waals surface area contributed by atoms with E-state index in [2.05, 4.69) is 53.6 Å². The van der Waals surface area contributed by atoms with Crippen LogP contribution in [-0.4, -0.2) is 59.7 Å². The molecule has 0 amide bonds. The minimum absolute atomic E-state index is 0.155. The van der Waals surface area contributed by atoms with Gasteiger partial charge in [0.1, 0.15) is 0 Å². The van der Waals surface area contributed by atoms with E-state index in [1.165, 1.54) is 5.56 Å². The van der Waals surface area contributed by atoms with E-state index in [1.54, 1.807) is 0 Å². The van der Waals surface area contributed by atoms with Gasteiger partial charge in [0.05, 0.1) is 11.7 Å². The van der Waals surface area contributed by atoms with Crippen LogP contribution in [0.3, 0.4) is 0 Å².